The molecule has 1 aliphatic rings. The highest BCUT2D eigenvalue weighted by Crippen LogP contribution is 2.32. The van der Waals surface area contributed by atoms with Gasteiger partial charge in [0.25, 0.3) is 5.91 Å². The standard InChI is InChI=1S/C16H17N3O4S/c1-9-8-24-16(22)19(9)6-5-14(20)17-11-3-4-13-12(7-11)18-15(21)10(2)23-13/h3-4,7-8,10H,5-6H2,1-2H3,(H,17,20)(H,18,21)/t10-/m0/s1. The van der Waals surface area contributed by atoms with Gasteiger partial charge in [0.05, 0.1) is 5.69 Å². The van der Waals surface area contributed by atoms with Crippen LogP contribution in [0, 0.1) is 6.92 Å². The van der Waals surface area contributed by atoms with Gasteiger partial charge in [0.2, 0.25) is 5.91 Å². The van der Waals surface area contributed by atoms with Gasteiger partial charge in [-0.25, -0.2) is 0 Å². The Balaban J connectivity index is 1.64. The quantitative estimate of drug-likeness (QED) is 0.885. The molecule has 0 fully saturated rings. The highest BCUT2D eigenvalue weighted by Gasteiger charge is 2.23. The fourth-order valence-corrected chi connectivity index (χ4v) is 3.16. The van der Waals surface area contributed by atoms with Gasteiger partial charge in [-0.05, 0) is 32.0 Å². The first kappa shape index (κ1) is 16.3. The van der Waals surface area contributed by atoms with Crippen LogP contribution in [0.5, 0.6) is 5.75 Å². The van der Waals surface area contributed by atoms with Crippen molar-refractivity contribution in [3.05, 3.63) is 38.9 Å². The largest absolute Gasteiger partial charge is 0.479 e. The molecule has 0 unspecified atom stereocenters. The predicted molar refractivity (Wildman–Crippen MR) is 91.7 cm³/mol. The van der Waals surface area contributed by atoms with Crippen molar-refractivity contribution in [2.75, 3.05) is 10.6 Å². The van der Waals surface area contributed by atoms with Crippen LogP contribution in [0.3, 0.4) is 0 Å². The maximum Gasteiger partial charge on any atom is 0.307 e. The summed E-state index contributed by atoms with van der Waals surface area (Å²) in [4.78, 5) is 35.3. The lowest BCUT2D eigenvalue weighted by atomic mass is 10.2. The summed E-state index contributed by atoms with van der Waals surface area (Å²) in [6.45, 7) is 3.84. The molecule has 0 saturated heterocycles. The Morgan fingerprint density at radius 2 is 2.21 bits per heavy atom. The third-order valence-corrected chi connectivity index (χ3v) is 4.61. The number of nitrogens with one attached hydrogen (secondary N) is 2. The lowest BCUT2D eigenvalue weighted by Crippen LogP contribution is -2.34. The van der Waals surface area contributed by atoms with Gasteiger partial charge in [-0.1, -0.05) is 11.3 Å². The molecule has 0 spiro atoms. The summed E-state index contributed by atoms with van der Waals surface area (Å²) in [5.74, 6) is 0.141. The molecule has 0 saturated carbocycles. The van der Waals surface area contributed by atoms with E-state index in [1.165, 1.54) is 0 Å². The fourth-order valence-electron chi connectivity index (χ4n) is 2.40. The second kappa shape index (κ2) is 6.48. The van der Waals surface area contributed by atoms with E-state index in [-0.39, 0.29) is 23.1 Å². The van der Waals surface area contributed by atoms with Crippen LogP contribution in [0.15, 0.2) is 28.4 Å². The van der Waals surface area contributed by atoms with E-state index in [9.17, 15) is 14.4 Å². The maximum atomic E-state index is 12.1. The van der Waals surface area contributed by atoms with Crippen molar-refractivity contribution in [3.63, 3.8) is 0 Å². The van der Waals surface area contributed by atoms with Crippen LogP contribution in [0.25, 0.3) is 0 Å². The van der Waals surface area contributed by atoms with E-state index in [4.69, 9.17) is 4.74 Å². The number of amides is 2. The molecule has 1 aromatic heterocycles. The molecule has 8 heteroatoms. The van der Waals surface area contributed by atoms with Crippen molar-refractivity contribution in [3.8, 4) is 5.75 Å². The van der Waals surface area contributed by atoms with Gasteiger partial charge < -0.3 is 19.9 Å². The molecule has 126 valence electrons. The van der Waals surface area contributed by atoms with Gasteiger partial charge in [-0.2, -0.15) is 0 Å². The molecule has 3 rings (SSSR count). The topological polar surface area (TPSA) is 89.4 Å². The van der Waals surface area contributed by atoms with Gasteiger partial charge >= 0.3 is 4.87 Å². The summed E-state index contributed by atoms with van der Waals surface area (Å²) < 4.78 is 7.04. The molecular weight excluding hydrogens is 330 g/mol. The molecule has 2 aromatic rings. The summed E-state index contributed by atoms with van der Waals surface area (Å²) in [6, 6.07) is 5.07. The molecule has 24 heavy (non-hydrogen) atoms. The summed E-state index contributed by atoms with van der Waals surface area (Å²) in [5, 5.41) is 7.27. The zero-order valence-electron chi connectivity index (χ0n) is 13.3. The first-order valence-electron chi connectivity index (χ1n) is 7.50. The Hall–Kier alpha value is -2.61. The second-order valence-corrected chi connectivity index (χ2v) is 6.37. The summed E-state index contributed by atoms with van der Waals surface area (Å²) in [6.07, 6.45) is -0.348. The van der Waals surface area contributed by atoms with Crippen molar-refractivity contribution in [1.29, 1.82) is 0 Å². The lowest BCUT2D eigenvalue weighted by Gasteiger charge is -2.23. The van der Waals surface area contributed by atoms with Gasteiger partial charge in [-0.15, -0.1) is 0 Å². The van der Waals surface area contributed by atoms with E-state index in [2.05, 4.69) is 10.6 Å². The molecule has 2 N–H and O–H groups in total. The van der Waals surface area contributed by atoms with Crippen LogP contribution >= 0.6 is 11.3 Å². The monoisotopic (exact) mass is 347 g/mol. The molecular formula is C16H17N3O4S. The van der Waals surface area contributed by atoms with Crippen molar-refractivity contribution in [1.82, 2.24) is 4.57 Å². The minimum absolute atomic E-state index is 0.0666. The molecule has 2 amide bonds. The number of ether oxygens (including phenoxy) is 1. The van der Waals surface area contributed by atoms with Crippen LogP contribution in [0.1, 0.15) is 19.0 Å². The first-order valence-corrected chi connectivity index (χ1v) is 8.38. The zero-order chi connectivity index (χ0) is 17.3. The van der Waals surface area contributed by atoms with E-state index in [1.54, 1.807) is 35.1 Å². The highest BCUT2D eigenvalue weighted by molar-refractivity contribution is 7.07. The van der Waals surface area contributed by atoms with Crippen molar-refractivity contribution in [2.24, 2.45) is 0 Å². The smallest absolute Gasteiger partial charge is 0.307 e. The van der Waals surface area contributed by atoms with E-state index >= 15 is 0 Å². The van der Waals surface area contributed by atoms with Crippen LogP contribution in [0.2, 0.25) is 0 Å². The van der Waals surface area contributed by atoms with Crippen molar-refractivity contribution in [2.45, 2.75) is 32.9 Å². The number of benzene rings is 1. The van der Waals surface area contributed by atoms with Gasteiger partial charge in [0, 0.05) is 29.7 Å². The fraction of sp³-hybridized carbons (Fsp3) is 0.312. The second-order valence-electron chi connectivity index (χ2n) is 5.55. The zero-order valence-corrected chi connectivity index (χ0v) is 14.1. The molecule has 0 radical (unpaired) electrons. The van der Waals surface area contributed by atoms with Crippen LogP contribution in [-0.4, -0.2) is 22.5 Å². The van der Waals surface area contributed by atoms with Crippen molar-refractivity contribution < 1.29 is 14.3 Å². The number of rotatable bonds is 4. The summed E-state index contributed by atoms with van der Waals surface area (Å²) in [5.41, 5.74) is 1.94. The minimum atomic E-state index is -0.537. The van der Waals surface area contributed by atoms with E-state index in [0.29, 0.717) is 23.7 Å². The maximum absolute atomic E-state index is 12.1. The number of anilines is 2. The molecule has 1 aromatic carbocycles. The van der Waals surface area contributed by atoms with Crippen LogP contribution < -0.4 is 20.2 Å². The molecule has 2 heterocycles. The number of aromatic nitrogens is 1. The Kier molecular flexibility index (Phi) is 4.39. The number of hydrogen-bond donors (Lipinski definition) is 2. The average molecular weight is 347 g/mol. The van der Waals surface area contributed by atoms with Crippen LogP contribution in [0.4, 0.5) is 11.4 Å². The Bertz CT molecular complexity index is 855. The normalized spacial score (nSPS) is 16.1. The molecule has 1 aliphatic heterocycles. The molecule has 0 bridgehead atoms. The third kappa shape index (κ3) is 3.33. The molecule has 0 aliphatic carbocycles. The lowest BCUT2D eigenvalue weighted by molar-refractivity contribution is -0.122. The van der Waals surface area contributed by atoms with E-state index in [0.717, 1.165) is 17.0 Å². The predicted octanol–water partition coefficient (Wildman–Crippen LogP) is 1.97. The minimum Gasteiger partial charge on any atom is -0.479 e. The van der Waals surface area contributed by atoms with E-state index in [1.807, 2.05) is 6.92 Å². The average Bonchev–Trinajstić information content (AvgIpc) is 2.85. The van der Waals surface area contributed by atoms with Crippen molar-refractivity contribution >= 4 is 34.5 Å². The van der Waals surface area contributed by atoms with Gasteiger partial charge in [0.15, 0.2) is 6.10 Å². The summed E-state index contributed by atoms with van der Waals surface area (Å²) in [7, 11) is 0. The first-order chi connectivity index (χ1) is 11.4. The number of carbonyl (C=O) groups is 2. The molecule has 7 nitrogen and oxygen atoms in total. The Labute approximate surface area is 142 Å². The number of carbonyl (C=O) groups excluding carboxylic acids is 2. The SMILES string of the molecule is Cc1csc(=O)n1CCC(=O)Nc1ccc2c(c1)NC(=O)[C@H](C)O2. The summed E-state index contributed by atoms with van der Waals surface area (Å²) >= 11 is 1.12. The highest BCUT2D eigenvalue weighted by atomic mass is 32.1. The van der Waals surface area contributed by atoms with Gasteiger partial charge in [-0.3, -0.25) is 14.4 Å². The Morgan fingerprint density at radius 3 is 2.92 bits per heavy atom. The van der Waals surface area contributed by atoms with E-state index < -0.39 is 6.10 Å². The number of hydrogen-bond acceptors (Lipinski definition) is 5. The number of nitrogens with zero attached hydrogens (tertiary/aromatic N) is 1. The van der Waals surface area contributed by atoms with Gasteiger partial charge in [0.1, 0.15) is 5.75 Å². The number of thiazole rings is 1. The molecule has 1 atom stereocenters. The Morgan fingerprint density at radius 1 is 1.42 bits per heavy atom. The third-order valence-electron chi connectivity index (χ3n) is 3.73. The number of aryl methyl sites for hydroxylation is 1. The number of fused-ring (bicyclic) bond motifs is 1. The van der Waals surface area contributed by atoms with Crippen LogP contribution in [-0.2, 0) is 16.1 Å².